The van der Waals surface area contributed by atoms with Gasteiger partial charge in [-0.2, -0.15) is 0 Å². The van der Waals surface area contributed by atoms with Crippen molar-refractivity contribution in [2.24, 2.45) is 5.92 Å². The fraction of sp³-hybridized carbons (Fsp3) is 0.486. The molecular formula is C35H43N3O7. The molecule has 2 aliphatic heterocycles. The molecule has 2 fully saturated rings. The summed E-state index contributed by atoms with van der Waals surface area (Å²) >= 11 is 0. The Balaban J connectivity index is 0.000000181. The molecule has 2 aromatic carbocycles. The number of esters is 2. The molecule has 10 heteroatoms. The molecule has 2 heterocycles. The van der Waals surface area contributed by atoms with Gasteiger partial charge in [0.2, 0.25) is 0 Å². The molecule has 0 radical (unpaired) electrons. The van der Waals surface area contributed by atoms with Gasteiger partial charge in [-0.15, -0.1) is 0 Å². The van der Waals surface area contributed by atoms with Crippen LogP contribution in [0.3, 0.4) is 0 Å². The number of rotatable bonds is 5. The highest BCUT2D eigenvalue weighted by molar-refractivity contribution is 6.00. The zero-order valence-corrected chi connectivity index (χ0v) is 27.0. The maximum atomic E-state index is 12.3. The van der Waals surface area contributed by atoms with E-state index in [0.29, 0.717) is 16.8 Å². The summed E-state index contributed by atoms with van der Waals surface area (Å²) in [4.78, 5) is 38.2. The number of nitro groups is 1. The van der Waals surface area contributed by atoms with Gasteiger partial charge in [0.15, 0.2) is 0 Å². The van der Waals surface area contributed by atoms with Gasteiger partial charge in [-0.05, 0) is 82.3 Å². The van der Waals surface area contributed by atoms with Crippen molar-refractivity contribution in [3.63, 3.8) is 0 Å². The van der Waals surface area contributed by atoms with Gasteiger partial charge in [-0.3, -0.25) is 10.1 Å². The van der Waals surface area contributed by atoms with Gasteiger partial charge in [-0.25, -0.2) is 9.59 Å². The first kappa shape index (κ1) is 32.2. The monoisotopic (exact) mass is 617 g/mol. The number of allylic oxidation sites excluding steroid dienone is 2. The minimum Gasteiger partial charge on any atom is -0.497 e. The summed E-state index contributed by atoms with van der Waals surface area (Å²) in [6.45, 7) is 4.55. The standard InChI is InChI=1S/C18H25NO.C17H18N2O6/c1-19-10-9-18-8-4-3-5-15(18)17(19)11-13-6-7-14(20-2)12-16(13)18;1-9-13(16(20)24-3)15(14(10(2)18-9)17(21)25-4)11-7-5-6-8-12(11)19(22)23/h6-7,12,15,17H,3-5,8-11H2,1-2H3;5-8,15,18H,1-4H3/t15-,17+,18+;/m1./s1. The van der Waals surface area contributed by atoms with Crippen LogP contribution in [0.1, 0.15) is 68.6 Å². The minimum atomic E-state index is -0.970. The van der Waals surface area contributed by atoms with E-state index < -0.39 is 22.8 Å². The molecule has 6 rings (SSSR count). The van der Waals surface area contributed by atoms with Crippen LogP contribution >= 0.6 is 0 Å². The summed E-state index contributed by atoms with van der Waals surface area (Å²) in [5.41, 5.74) is 4.86. The molecule has 0 aromatic heterocycles. The zero-order chi connectivity index (χ0) is 32.5. The molecule has 2 aromatic rings. The van der Waals surface area contributed by atoms with E-state index in [1.54, 1.807) is 38.2 Å². The number of fused-ring (bicyclic) bond motifs is 1. The fourth-order valence-electron chi connectivity index (χ4n) is 8.27. The second-order valence-corrected chi connectivity index (χ2v) is 12.5. The molecule has 2 aliphatic carbocycles. The first-order valence-corrected chi connectivity index (χ1v) is 15.5. The molecule has 1 N–H and O–H groups in total. The molecule has 2 bridgehead atoms. The predicted octanol–water partition coefficient (Wildman–Crippen LogP) is 5.56. The van der Waals surface area contributed by atoms with Crippen LogP contribution in [0.15, 0.2) is 65.0 Å². The van der Waals surface area contributed by atoms with Gasteiger partial charge in [0.1, 0.15) is 5.75 Å². The van der Waals surface area contributed by atoms with Gasteiger partial charge in [0.25, 0.3) is 5.69 Å². The van der Waals surface area contributed by atoms with Crippen molar-refractivity contribution in [2.45, 2.75) is 69.7 Å². The van der Waals surface area contributed by atoms with Crippen LogP contribution in [0.4, 0.5) is 5.69 Å². The molecule has 0 unspecified atom stereocenters. The maximum Gasteiger partial charge on any atom is 0.336 e. The van der Waals surface area contributed by atoms with Crippen molar-refractivity contribution in [3.8, 4) is 5.75 Å². The number of para-hydroxylation sites is 1. The highest BCUT2D eigenvalue weighted by Crippen LogP contribution is 2.56. The molecule has 3 atom stereocenters. The van der Waals surface area contributed by atoms with Crippen molar-refractivity contribution in [1.82, 2.24) is 10.2 Å². The number of hydrogen-bond donors (Lipinski definition) is 1. The van der Waals surface area contributed by atoms with Crippen molar-refractivity contribution in [2.75, 3.05) is 34.9 Å². The number of carbonyl (C=O) groups is 2. The average Bonchev–Trinajstić information content (AvgIpc) is 3.05. The summed E-state index contributed by atoms with van der Waals surface area (Å²) in [5, 5.41) is 14.4. The Morgan fingerprint density at radius 1 is 0.978 bits per heavy atom. The molecule has 0 amide bonds. The third-order valence-corrected chi connectivity index (χ3v) is 10.3. The number of benzene rings is 2. The summed E-state index contributed by atoms with van der Waals surface area (Å²) < 4.78 is 15.2. The Kier molecular flexibility index (Phi) is 9.34. The van der Waals surface area contributed by atoms with E-state index in [0.717, 1.165) is 17.7 Å². The van der Waals surface area contributed by atoms with E-state index in [1.165, 1.54) is 77.5 Å². The number of methoxy groups -OCH3 is 3. The van der Waals surface area contributed by atoms with Crippen molar-refractivity contribution < 1.29 is 28.7 Å². The van der Waals surface area contributed by atoms with E-state index in [-0.39, 0.29) is 22.4 Å². The van der Waals surface area contributed by atoms with Crippen LogP contribution in [0.5, 0.6) is 5.75 Å². The van der Waals surface area contributed by atoms with Crippen LogP contribution in [-0.2, 0) is 30.9 Å². The number of nitro benzene ring substituents is 1. The van der Waals surface area contributed by atoms with Crippen LogP contribution in [-0.4, -0.2) is 62.7 Å². The molecule has 1 saturated carbocycles. The Hall–Kier alpha value is -4.18. The number of likely N-dealkylation sites (tertiary alicyclic amines) is 1. The highest BCUT2D eigenvalue weighted by atomic mass is 16.6. The lowest BCUT2D eigenvalue weighted by Crippen LogP contribution is -2.59. The molecular weight excluding hydrogens is 574 g/mol. The SMILES string of the molecule is COC(=O)C1=C(C)NC(C)=C(C(=O)OC)C1c1ccccc1[N+](=O)[O-].COc1ccc2c(c1)[C@]13CCCC[C@@H]1[C@H](C2)N(C)CC3. The first-order valence-electron chi connectivity index (χ1n) is 15.5. The highest BCUT2D eigenvalue weighted by Gasteiger charge is 2.53. The topological polar surface area (TPSA) is 120 Å². The molecule has 45 heavy (non-hydrogen) atoms. The Morgan fingerprint density at radius 2 is 1.64 bits per heavy atom. The van der Waals surface area contributed by atoms with Crippen LogP contribution < -0.4 is 10.1 Å². The third kappa shape index (κ3) is 5.72. The lowest BCUT2D eigenvalue weighted by atomic mass is 9.52. The molecule has 4 aliphatic rings. The van der Waals surface area contributed by atoms with Crippen LogP contribution in [0, 0.1) is 16.0 Å². The largest absolute Gasteiger partial charge is 0.497 e. The summed E-state index contributed by atoms with van der Waals surface area (Å²) in [7, 11) is 6.54. The smallest absolute Gasteiger partial charge is 0.336 e. The van der Waals surface area contributed by atoms with Gasteiger partial charge < -0.3 is 24.4 Å². The van der Waals surface area contributed by atoms with Crippen LogP contribution in [0.25, 0.3) is 0 Å². The van der Waals surface area contributed by atoms with E-state index >= 15 is 0 Å². The normalized spacial score (nSPS) is 24.3. The summed E-state index contributed by atoms with van der Waals surface area (Å²) in [6, 6.07) is 13.6. The van der Waals surface area contributed by atoms with Crippen molar-refractivity contribution in [1.29, 1.82) is 0 Å². The third-order valence-electron chi connectivity index (χ3n) is 10.3. The number of likely N-dealkylation sites (N-methyl/N-ethyl adjacent to an activating group) is 1. The predicted molar refractivity (Wildman–Crippen MR) is 170 cm³/mol. The molecule has 1 saturated heterocycles. The summed E-state index contributed by atoms with van der Waals surface area (Å²) in [5.74, 6) is -0.415. The second-order valence-electron chi connectivity index (χ2n) is 12.5. The summed E-state index contributed by atoms with van der Waals surface area (Å²) in [6.07, 6.45) is 8.22. The number of nitrogens with zero attached hydrogens (tertiary/aromatic N) is 2. The number of carbonyl (C=O) groups excluding carboxylic acids is 2. The minimum absolute atomic E-state index is 0.128. The zero-order valence-electron chi connectivity index (χ0n) is 27.0. The van der Waals surface area contributed by atoms with E-state index in [9.17, 15) is 19.7 Å². The number of piperidine rings is 1. The Labute approximate surface area is 264 Å². The Bertz CT molecular complexity index is 1530. The first-order chi connectivity index (χ1) is 21.6. The van der Waals surface area contributed by atoms with Gasteiger partial charge >= 0.3 is 11.9 Å². The van der Waals surface area contributed by atoms with Gasteiger partial charge in [0, 0.05) is 34.5 Å². The van der Waals surface area contributed by atoms with Crippen molar-refractivity contribution in [3.05, 3.63) is 91.8 Å². The van der Waals surface area contributed by atoms with E-state index in [2.05, 4.69) is 35.5 Å². The molecule has 240 valence electrons. The average molecular weight is 618 g/mol. The lowest BCUT2D eigenvalue weighted by Gasteiger charge is -2.58. The quantitative estimate of drug-likeness (QED) is 0.261. The van der Waals surface area contributed by atoms with Crippen LogP contribution in [0.2, 0.25) is 0 Å². The van der Waals surface area contributed by atoms with E-state index in [4.69, 9.17) is 14.2 Å². The maximum absolute atomic E-state index is 12.3. The number of nitrogens with one attached hydrogen (secondary N) is 1. The van der Waals surface area contributed by atoms with Gasteiger partial charge in [-0.1, -0.05) is 37.1 Å². The number of dihydropyridines is 1. The number of ether oxygens (including phenoxy) is 3. The van der Waals surface area contributed by atoms with Gasteiger partial charge in [0.05, 0.1) is 43.3 Å². The Morgan fingerprint density at radius 3 is 2.27 bits per heavy atom. The van der Waals surface area contributed by atoms with Crippen molar-refractivity contribution >= 4 is 17.6 Å². The number of hydrogen-bond acceptors (Lipinski definition) is 9. The molecule has 10 nitrogen and oxygen atoms in total. The fourth-order valence-corrected chi connectivity index (χ4v) is 8.27. The van der Waals surface area contributed by atoms with E-state index in [1.807, 2.05) is 0 Å². The second kappa shape index (κ2) is 13.0. The lowest BCUT2D eigenvalue weighted by molar-refractivity contribution is -0.385. The molecule has 0 spiro atoms.